The highest BCUT2D eigenvalue weighted by Crippen LogP contribution is 2.18. The molecule has 76 valence electrons. The van der Waals surface area contributed by atoms with Crippen LogP contribution in [0, 0.1) is 0 Å². The van der Waals surface area contributed by atoms with E-state index in [1.807, 2.05) is 13.8 Å². The average Bonchev–Trinajstić information content (AvgIpc) is 2.04. The number of ether oxygens (including phenoxy) is 1. The topological polar surface area (TPSA) is 29.5 Å². The molecule has 0 radical (unpaired) electrons. The van der Waals surface area contributed by atoms with Crippen LogP contribution in [0.4, 0.5) is 4.79 Å². The highest BCUT2D eigenvalue weighted by atomic mass is 79.9. The number of nitrogens with zero attached hydrogens (tertiary/aromatic N) is 1. The fourth-order valence-corrected chi connectivity index (χ4v) is 1.72. The van der Waals surface area contributed by atoms with Crippen molar-refractivity contribution in [1.29, 1.82) is 0 Å². The summed E-state index contributed by atoms with van der Waals surface area (Å²) in [7, 11) is 0. The van der Waals surface area contributed by atoms with Gasteiger partial charge < -0.3 is 9.64 Å². The summed E-state index contributed by atoms with van der Waals surface area (Å²) in [6.45, 7) is 5.35. The van der Waals surface area contributed by atoms with E-state index in [4.69, 9.17) is 4.74 Å². The second-order valence-corrected chi connectivity index (χ2v) is 4.89. The highest BCUT2D eigenvalue weighted by Gasteiger charge is 2.22. The third-order valence-corrected chi connectivity index (χ3v) is 2.93. The Bertz CT molecular complexity index is 176. The maximum atomic E-state index is 11.4. The van der Waals surface area contributed by atoms with Gasteiger partial charge in [-0.05, 0) is 26.7 Å². The van der Waals surface area contributed by atoms with Gasteiger partial charge in [0, 0.05) is 17.9 Å². The molecule has 0 aromatic rings. The zero-order chi connectivity index (χ0) is 9.84. The summed E-state index contributed by atoms with van der Waals surface area (Å²) >= 11 is 3.54. The van der Waals surface area contributed by atoms with Crippen LogP contribution in [0.25, 0.3) is 0 Å². The van der Waals surface area contributed by atoms with Crippen molar-refractivity contribution >= 4 is 22.0 Å². The fourth-order valence-electron chi connectivity index (χ4n) is 1.31. The molecule has 0 spiro atoms. The van der Waals surface area contributed by atoms with Crippen molar-refractivity contribution in [3.8, 4) is 0 Å². The molecule has 0 atom stereocenters. The summed E-state index contributed by atoms with van der Waals surface area (Å²) in [4.78, 5) is 13.7. The van der Waals surface area contributed by atoms with Crippen molar-refractivity contribution in [2.75, 3.05) is 13.1 Å². The second kappa shape index (κ2) is 4.84. The Labute approximate surface area is 87.6 Å². The Morgan fingerprint density at radius 3 is 2.46 bits per heavy atom. The predicted molar refractivity (Wildman–Crippen MR) is 55.1 cm³/mol. The molecule has 0 saturated carbocycles. The first-order valence-electron chi connectivity index (χ1n) is 4.69. The van der Waals surface area contributed by atoms with E-state index >= 15 is 0 Å². The number of alkyl halides is 1. The number of carbonyl (C=O) groups excluding carboxylic acids is 1. The Hall–Kier alpha value is -0.250. The van der Waals surface area contributed by atoms with Crippen molar-refractivity contribution < 1.29 is 9.53 Å². The highest BCUT2D eigenvalue weighted by molar-refractivity contribution is 9.09. The van der Waals surface area contributed by atoms with Gasteiger partial charge in [0.15, 0.2) is 0 Å². The molecule has 1 saturated heterocycles. The van der Waals surface area contributed by atoms with E-state index < -0.39 is 0 Å². The molecule has 0 N–H and O–H groups in total. The molecule has 1 amide bonds. The lowest BCUT2D eigenvalue weighted by Crippen LogP contribution is -2.39. The molecule has 3 nitrogen and oxygen atoms in total. The number of halogens is 1. The molecule has 0 bridgehead atoms. The van der Waals surface area contributed by atoms with E-state index in [1.54, 1.807) is 4.90 Å². The van der Waals surface area contributed by atoms with Crippen molar-refractivity contribution in [1.82, 2.24) is 4.90 Å². The Morgan fingerprint density at radius 1 is 1.46 bits per heavy atom. The van der Waals surface area contributed by atoms with Gasteiger partial charge in [0.25, 0.3) is 0 Å². The zero-order valence-corrected chi connectivity index (χ0v) is 9.71. The molecule has 1 rings (SSSR count). The summed E-state index contributed by atoms with van der Waals surface area (Å²) in [6.07, 6.45) is 1.85. The van der Waals surface area contributed by atoms with Gasteiger partial charge in [0.1, 0.15) is 0 Å². The smallest absolute Gasteiger partial charge is 0.410 e. The number of rotatable bonds is 1. The van der Waals surface area contributed by atoms with Crippen LogP contribution in [-0.2, 0) is 4.74 Å². The van der Waals surface area contributed by atoms with Gasteiger partial charge in [-0.25, -0.2) is 4.79 Å². The summed E-state index contributed by atoms with van der Waals surface area (Å²) in [6, 6.07) is 0. The zero-order valence-electron chi connectivity index (χ0n) is 8.12. The van der Waals surface area contributed by atoms with Gasteiger partial charge in [-0.1, -0.05) is 15.9 Å². The van der Waals surface area contributed by atoms with Crippen LogP contribution in [-0.4, -0.2) is 35.0 Å². The third kappa shape index (κ3) is 3.55. The lowest BCUT2D eigenvalue weighted by Gasteiger charge is -2.29. The molecule has 0 aromatic carbocycles. The molecule has 1 heterocycles. The van der Waals surface area contributed by atoms with Gasteiger partial charge in [0.2, 0.25) is 0 Å². The first kappa shape index (κ1) is 10.8. The summed E-state index contributed by atoms with van der Waals surface area (Å²) in [5, 5.41) is 0. The largest absolute Gasteiger partial charge is 0.447 e. The minimum absolute atomic E-state index is 0.0193. The number of hydrogen-bond donors (Lipinski definition) is 0. The number of amides is 1. The maximum absolute atomic E-state index is 11.4. The van der Waals surface area contributed by atoms with Crippen molar-refractivity contribution in [3.05, 3.63) is 0 Å². The minimum atomic E-state index is -0.172. The maximum Gasteiger partial charge on any atom is 0.410 e. The normalized spacial score (nSPS) is 19.2. The van der Waals surface area contributed by atoms with Crippen LogP contribution >= 0.6 is 15.9 Å². The first-order chi connectivity index (χ1) is 6.09. The number of piperidine rings is 1. The van der Waals surface area contributed by atoms with E-state index in [-0.39, 0.29) is 12.2 Å². The number of carbonyl (C=O) groups is 1. The Morgan fingerprint density at radius 2 is 2.00 bits per heavy atom. The van der Waals surface area contributed by atoms with Crippen LogP contribution in [0.3, 0.4) is 0 Å². The van der Waals surface area contributed by atoms with Crippen molar-refractivity contribution in [2.45, 2.75) is 37.6 Å². The van der Waals surface area contributed by atoms with Gasteiger partial charge in [-0.2, -0.15) is 0 Å². The fraction of sp³-hybridized carbons (Fsp3) is 0.889. The first-order valence-corrected chi connectivity index (χ1v) is 5.61. The van der Waals surface area contributed by atoms with Gasteiger partial charge in [0.05, 0.1) is 6.10 Å². The summed E-state index contributed by atoms with van der Waals surface area (Å²) < 4.78 is 5.10. The number of likely N-dealkylation sites (tertiary alicyclic amines) is 1. The van der Waals surface area contributed by atoms with Gasteiger partial charge in [-0.3, -0.25) is 0 Å². The molecule has 0 unspecified atom stereocenters. The standard InChI is InChI=1S/C9H16BrNO2/c1-7(2)13-9(12)11-5-3-8(10)4-6-11/h7-8H,3-6H2,1-2H3. The quantitative estimate of drug-likeness (QED) is 0.669. The van der Waals surface area contributed by atoms with Crippen LogP contribution in [0.2, 0.25) is 0 Å². The molecule has 0 aliphatic carbocycles. The molecule has 4 heteroatoms. The van der Waals surface area contributed by atoms with E-state index in [0.717, 1.165) is 25.9 Å². The summed E-state index contributed by atoms with van der Waals surface area (Å²) in [5.41, 5.74) is 0. The molecule has 13 heavy (non-hydrogen) atoms. The molecule has 1 aliphatic heterocycles. The lowest BCUT2D eigenvalue weighted by molar-refractivity contribution is 0.0718. The van der Waals surface area contributed by atoms with E-state index in [2.05, 4.69) is 15.9 Å². The lowest BCUT2D eigenvalue weighted by atomic mass is 10.1. The SMILES string of the molecule is CC(C)OC(=O)N1CCC(Br)CC1. The molecular weight excluding hydrogens is 234 g/mol. The molecule has 0 aromatic heterocycles. The molecule has 1 aliphatic rings. The second-order valence-electron chi connectivity index (χ2n) is 3.59. The average molecular weight is 250 g/mol. The predicted octanol–water partition coefficient (Wildman–Crippen LogP) is 2.39. The van der Waals surface area contributed by atoms with Gasteiger partial charge in [-0.15, -0.1) is 0 Å². The van der Waals surface area contributed by atoms with Crippen LogP contribution in [0.1, 0.15) is 26.7 Å². The van der Waals surface area contributed by atoms with Crippen LogP contribution in [0.5, 0.6) is 0 Å². The van der Waals surface area contributed by atoms with Crippen LogP contribution in [0.15, 0.2) is 0 Å². The number of hydrogen-bond acceptors (Lipinski definition) is 2. The third-order valence-electron chi connectivity index (χ3n) is 2.02. The van der Waals surface area contributed by atoms with Gasteiger partial charge >= 0.3 is 6.09 Å². The monoisotopic (exact) mass is 249 g/mol. The Balaban J connectivity index is 2.31. The van der Waals surface area contributed by atoms with E-state index in [1.165, 1.54) is 0 Å². The molecule has 1 fully saturated rings. The van der Waals surface area contributed by atoms with Crippen molar-refractivity contribution in [3.63, 3.8) is 0 Å². The minimum Gasteiger partial charge on any atom is -0.447 e. The summed E-state index contributed by atoms with van der Waals surface area (Å²) in [5.74, 6) is 0. The van der Waals surface area contributed by atoms with E-state index in [0.29, 0.717) is 4.83 Å². The van der Waals surface area contributed by atoms with Crippen LogP contribution < -0.4 is 0 Å². The molecular formula is C9H16BrNO2. The van der Waals surface area contributed by atoms with E-state index in [9.17, 15) is 4.79 Å². The Kier molecular flexibility index (Phi) is 4.03. The van der Waals surface area contributed by atoms with Crippen molar-refractivity contribution in [2.24, 2.45) is 0 Å².